The summed E-state index contributed by atoms with van der Waals surface area (Å²) in [6.07, 6.45) is 3.97. The molecule has 120 valence electrons. The quantitative estimate of drug-likeness (QED) is 0.870. The van der Waals surface area contributed by atoms with Gasteiger partial charge in [-0.1, -0.05) is 13.0 Å². The fourth-order valence-electron chi connectivity index (χ4n) is 2.81. The lowest BCUT2D eigenvalue weighted by atomic mass is 10.0. The number of piperidine rings is 1. The maximum Gasteiger partial charge on any atom is 0.254 e. The van der Waals surface area contributed by atoms with E-state index in [0.717, 1.165) is 32.2 Å². The molecular weight excluding hydrogens is 278 g/mol. The number of carbonyl (C=O) groups excluding carboxylic acids is 2. The van der Waals surface area contributed by atoms with E-state index < -0.39 is 0 Å². The van der Waals surface area contributed by atoms with E-state index in [9.17, 15) is 9.59 Å². The van der Waals surface area contributed by atoms with Crippen LogP contribution in [0.5, 0.6) is 0 Å². The summed E-state index contributed by atoms with van der Waals surface area (Å²) in [4.78, 5) is 26.6. The van der Waals surface area contributed by atoms with Crippen LogP contribution >= 0.6 is 0 Å². The van der Waals surface area contributed by atoms with Crippen LogP contribution in [-0.2, 0) is 0 Å². The second kappa shape index (κ2) is 7.94. The Balaban J connectivity index is 2.14. The Morgan fingerprint density at radius 1 is 1.32 bits per heavy atom. The van der Waals surface area contributed by atoms with E-state index in [1.807, 2.05) is 11.8 Å². The second-order valence-corrected chi connectivity index (χ2v) is 5.72. The number of carbonyl (C=O) groups is 2. The largest absolute Gasteiger partial charge is 0.352 e. The number of benzene rings is 1. The van der Waals surface area contributed by atoms with Crippen LogP contribution in [0.3, 0.4) is 0 Å². The van der Waals surface area contributed by atoms with Gasteiger partial charge in [0.05, 0.1) is 0 Å². The molecule has 5 nitrogen and oxygen atoms in total. The molecule has 1 atom stereocenters. The molecule has 1 heterocycles. The van der Waals surface area contributed by atoms with Gasteiger partial charge in [-0.3, -0.25) is 9.59 Å². The predicted octanol–water partition coefficient (Wildman–Crippen LogP) is 1.78. The molecular formula is C17H25N3O2. The fourth-order valence-corrected chi connectivity index (χ4v) is 2.81. The summed E-state index contributed by atoms with van der Waals surface area (Å²) in [5.41, 5.74) is 6.87. The van der Waals surface area contributed by atoms with Crippen molar-refractivity contribution in [3.63, 3.8) is 0 Å². The summed E-state index contributed by atoms with van der Waals surface area (Å²) in [7, 11) is 0. The van der Waals surface area contributed by atoms with Crippen molar-refractivity contribution in [3.05, 3.63) is 35.4 Å². The highest BCUT2D eigenvalue weighted by molar-refractivity contribution is 5.99. The smallest absolute Gasteiger partial charge is 0.254 e. The molecule has 5 heteroatoms. The van der Waals surface area contributed by atoms with Gasteiger partial charge in [0, 0.05) is 36.8 Å². The van der Waals surface area contributed by atoms with E-state index in [-0.39, 0.29) is 17.9 Å². The van der Waals surface area contributed by atoms with Gasteiger partial charge < -0.3 is 16.0 Å². The molecule has 3 N–H and O–H groups in total. The van der Waals surface area contributed by atoms with Crippen molar-refractivity contribution in [2.45, 2.75) is 38.6 Å². The van der Waals surface area contributed by atoms with Crippen molar-refractivity contribution in [1.29, 1.82) is 0 Å². The number of likely N-dealkylation sites (tertiary alicyclic amines) is 1. The zero-order chi connectivity index (χ0) is 15.9. The van der Waals surface area contributed by atoms with Gasteiger partial charge in [-0.2, -0.15) is 0 Å². The first-order valence-electron chi connectivity index (χ1n) is 8.06. The topological polar surface area (TPSA) is 75.4 Å². The van der Waals surface area contributed by atoms with Gasteiger partial charge >= 0.3 is 0 Å². The normalized spacial score (nSPS) is 18.1. The van der Waals surface area contributed by atoms with Crippen LogP contribution in [-0.4, -0.2) is 42.4 Å². The highest BCUT2D eigenvalue weighted by atomic mass is 16.2. The number of nitrogens with two attached hydrogens (primary N) is 1. The minimum atomic E-state index is -0.134. The zero-order valence-electron chi connectivity index (χ0n) is 13.2. The van der Waals surface area contributed by atoms with Crippen LogP contribution in [0.4, 0.5) is 0 Å². The summed E-state index contributed by atoms with van der Waals surface area (Å²) in [6.45, 7) is 3.87. The third-order valence-electron chi connectivity index (χ3n) is 4.07. The van der Waals surface area contributed by atoms with E-state index in [1.54, 1.807) is 24.3 Å². The Morgan fingerprint density at radius 2 is 2.09 bits per heavy atom. The maximum absolute atomic E-state index is 12.7. The van der Waals surface area contributed by atoms with E-state index in [2.05, 4.69) is 5.32 Å². The van der Waals surface area contributed by atoms with Crippen LogP contribution in [0.15, 0.2) is 24.3 Å². The van der Waals surface area contributed by atoms with Crippen molar-refractivity contribution >= 4 is 11.8 Å². The van der Waals surface area contributed by atoms with Crippen LogP contribution < -0.4 is 11.1 Å². The third kappa shape index (κ3) is 3.85. The number of hydrogen-bond donors (Lipinski definition) is 2. The molecule has 0 radical (unpaired) electrons. The average molecular weight is 303 g/mol. The van der Waals surface area contributed by atoms with Gasteiger partial charge in [0.25, 0.3) is 11.8 Å². The number of amides is 2. The van der Waals surface area contributed by atoms with Crippen molar-refractivity contribution in [1.82, 2.24) is 10.2 Å². The van der Waals surface area contributed by atoms with Gasteiger partial charge in [-0.05, 0) is 43.9 Å². The lowest BCUT2D eigenvalue weighted by Gasteiger charge is -2.35. The van der Waals surface area contributed by atoms with Crippen LogP contribution in [0.25, 0.3) is 0 Å². The molecule has 1 aromatic carbocycles. The Labute approximate surface area is 131 Å². The molecule has 0 aliphatic carbocycles. The molecule has 1 aliphatic rings. The highest BCUT2D eigenvalue weighted by Crippen LogP contribution is 2.19. The molecule has 22 heavy (non-hydrogen) atoms. The minimum Gasteiger partial charge on any atom is -0.352 e. The molecule has 1 saturated heterocycles. The maximum atomic E-state index is 12.7. The standard InChI is InChI=1S/C17H25N3O2/c1-2-9-19-16(21)13-6-5-7-14(11-13)17(22)20-10-4-3-8-15(20)12-18/h5-7,11,15H,2-4,8-10,12,18H2,1H3,(H,19,21). The van der Waals surface area contributed by atoms with E-state index in [1.165, 1.54) is 0 Å². The third-order valence-corrected chi connectivity index (χ3v) is 4.07. The van der Waals surface area contributed by atoms with Crippen LogP contribution in [0, 0.1) is 0 Å². The van der Waals surface area contributed by atoms with Crippen LogP contribution in [0.2, 0.25) is 0 Å². The van der Waals surface area contributed by atoms with Gasteiger partial charge in [0.2, 0.25) is 0 Å². The van der Waals surface area contributed by atoms with E-state index in [4.69, 9.17) is 5.73 Å². The first-order chi connectivity index (χ1) is 10.7. The van der Waals surface area contributed by atoms with Crippen LogP contribution in [0.1, 0.15) is 53.3 Å². The van der Waals surface area contributed by atoms with E-state index in [0.29, 0.717) is 24.2 Å². The predicted molar refractivity (Wildman–Crippen MR) is 86.8 cm³/mol. The number of nitrogens with zero attached hydrogens (tertiary/aromatic N) is 1. The lowest BCUT2D eigenvalue weighted by molar-refractivity contribution is 0.0623. The van der Waals surface area contributed by atoms with Crippen molar-refractivity contribution in [2.24, 2.45) is 5.73 Å². The first-order valence-corrected chi connectivity index (χ1v) is 8.06. The lowest BCUT2D eigenvalue weighted by Crippen LogP contribution is -2.47. The Kier molecular flexibility index (Phi) is 5.95. The molecule has 0 saturated carbocycles. The molecule has 1 unspecified atom stereocenters. The molecule has 1 aromatic rings. The monoisotopic (exact) mass is 303 g/mol. The summed E-state index contributed by atoms with van der Waals surface area (Å²) in [5.74, 6) is -0.161. The summed E-state index contributed by atoms with van der Waals surface area (Å²) in [6, 6.07) is 7.05. The van der Waals surface area contributed by atoms with E-state index >= 15 is 0 Å². The first kappa shape index (κ1) is 16.5. The van der Waals surface area contributed by atoms with Gasteiger partial charge in [0.15, 0.2) is 0 Å². The average Bonchev–Trinajstić information content (AvgIpc) is 2.59. The van der Waals surface area contributed by atoms with Gasteiger partial charge in [0.1, 0.15) is 0 Å². The Morgan fingerprint density at radius 3 is 2.82 bits per heavy atom. The molecule has 1 fully saturated rings. The Bertz CT molecular complexity index is 530. The highest BCUT2D eigenvalue weighted by Gasteiger charge is 2.26. The zero-order valence-corrected chi connectivity index (χ0v) is 13.2. The van der Waals surface area contributed by atoms with Gasteiger partial charge in [-0.25, -0.2) is 0 Å². The minimum absolute atomic E-state index is 0.0275. The van der Waals surface area contributed by atoms with Crippen molar-refractivity contribution < 1.29 is 9.59 Å². The SMILES string of the molecule is CCCNC(=O)c1cccc(C(=O)N2CCCCC2CN)c1. The molecule has 0 spiro atoms. The number of rotatable bonds is 5. The molecule has 0 aromatic heterocycles. The molecule has 2 amide bonds. The van der Waals surface area contributed by atoms with Crippen molar-refractivity contribution in [2.75, 3.05) is 19.6 Å². The Hall–Kier alpha value is -1.88. The summed E-state index contributed by atoms with van der Waals surface area (Å²) in [5, 5.41) is 2.83. The number of nitrogens with one attached hydrogen (secondary N) is 1. The molecule has 1 aliphatic heterocycles. The summed E-state index contributed by atoms with van der Waals surface area (Å²) < 4.78 is 0. The molecule has 2 rings (SSSR count). The second-order valence-electron chi connectivity index (χ2n) is 5.72. The molecule has 0 bridgehead atoms. The summed E-state index contributed by atoms with van der Waals surface area (Å²) >= 11 is 0. The fraction of sp³-hybridized carbons (Fsp3) is 0.529. The van der Waals surface area contributed by atoms with Gasteiger partial charge in [-0.15, -0.1) is 0 Å². The number of hydrogen-bond acceptors (Lipinski definition) is 3. The van der Waals surface area contributed by atoms with Crippen molar-refractivity contribution in [3.8, 4) is 0 Å².